The van der Waals surface area contributed by atoms with Crippen LogP contribution in [0.2, 0.25) is 0 Å². The van der Waals surface area contributed by atoms with E-state index in [0.717, 1.165) is 41.3 Å². The molecule has 2 aromatic carbocycles. The highest BCUT2D eigenvalue weighted by molar-refractivity contribution is 6.25. The fourth-order valence-corrected chi connectivity index (χ4v) is 7.28. The van der Waals surface area contributed by atoms with Gasteiger partial charge in [-0.25, -0.2) is 0 Å². The molecule has 3 N–H and O–H groups in total. The van der Waals surface area contributed by atoms with Crippen LogP contribution in [-0.4, -0.2) is 41.1 Å². The number of amides is 4. The largest absolute Gasteiger partial charge is 0.380 e. The summed E-state index contributed by atoms with van der Waals surface area (Å²) >= 11 is 0. The average Bonchev–Trinajstić information content (AvgIpc) is 3.20. The highest BCUT2D eigenvalue weighted by Crippen LogP contribution is 2.43. The summed E-state index contributed by atoms with van der Waals surface area (Å²) in [5.41, 5.74) is 3.42. The van der Waals surface area contributed by atoms with Crippen molar-refractivity contribution in [3.8, 4) is 0 Å². The molecule has 4 amide bonds. The molecule has 8 heteroatoms. The number of hydrogen-bond acceptors (Lipinski definition) is 6. The number of carbonyl (C=O) groups excluding carboxylic acids is 4. The van der Waals surface area contributed by atoms with Crippen molar-refractivity contribution >= 4 is 29.3 Å². The first-order valence-electron chi connectivity index (χ1n) is 14.8. The fourth-order valence-electron chi connectivity index (χ4n) is 7.28. The molecule has 1 saturated heterocycles. The predicted octanol–water partition coefficient (Wildman–Crippen LogP) is 4.40. The fraction of sp³-hybridized carbons (Fsp3) is 0.500. The quantitative estimate of drug-likeness (QED) is 0.320. The lowest BCUT2D eigenvalue weighted by Gasteiger charge is -2.39. The number of piperidine rings is 1. The van der Waals surface area contributed by atoms with E-state index in [1.165, 1.54) is 50.5 Å². The molecular formula is C32H38N4O4. The standard InChI is InChI=1S/C32H38N4O4/c37-28-12-11-27(30(38)35-28)36-31(39)25-5-2-6-26(29(25)32(36)40)34-19-21-9-7-20(8-10-21)18-33-14-13-24-16-22-3-1-4-23(15-22)17-24/h2,5-10,22-24,27,33-34H,1,3-4,11-19H2,(H,35,37,38). The molecule has 0 aromatic heterocycles. The van der Waals surface area contributed by atoms with Crippen LogP contribution in [0.5, 0.6) is 0 Å². The normalized spacial score (nSPS) is 26.1. The van der Waals surface area contributed by atoms with E-state index < -0.39 is 23.8 Å². The zero-order valence-electron chi connectivity index (χ0n) is 22.9. The van der Waals surface area contributed by atoms with Crippen LogP contribution in [0.3, 0.4) is 0 Å². The molecule has 2 aromatic rings. The Bertz CT molecular complexity index is 1290. The van der Waals surface area contributed by atoms with Crippen molar-refractivity contribution < 1.29 is 19.2 Å². The van der Waals surface area contributed by atoms with Gasteiger partial charge in [0.15, 0.2) is 0 Å². The van der Waals surface area contributed by atoms with E-state index >= 15 is 0 Å². The Morgan fingerprint density at radius 1 is 0.825 bits per heavy atom. The van der Waals surface area contributed by atoms with Crippen molar-refractivity contribution in [2.24, 2.45) is 17.8 Å². The van der Waals surface area contributed by atoms with Crippen molar-refractivity contribution in [1.29, 1.82) is 0 Å². The second-order valence-electron chi connectivity index (χ2n) is 12.0. The molecule has 2 aliphatic heterocycles. The summed E-state index contributed by atoms with van der Waals surface area (Å²) in [5.74, 6) is 0.867. The summed E-state index contributed by atoms with van der Waals surface area (Å²) in [6, 6.07) is 12.6. The van der Waals surface area contributed by atoms with Gasteiger partial charge in [0.1, 0.15) is 6.04 Å². The Kier molecular flexibility index (Phi) is 7.69. The van der Waals surface area contributed by atoms with Crippen molar-refractivity contribution in [2.45, 2.75) is 76.9 Å². The van der Waals surface area contributed by atoms with E-state index in [1.54, 1.807) is 18.2 Å². The van der Waals surface area contributed by atoms with Gasteiger partial charge in [0.25, 0.3) is 11.8 Å². The summed E-state index contributed by atoms with van der Waals surface area (Å²) in [4.78, 5) is 51.2. The lowest BCUT2D eigenvalue weighted by Crippen LogP contribution is -2.54. The number of imide groups is 2. The lowest BCUT2D eigenvalue weighted by atomic mass is 9.67. The third kappa shape index (κ3) is 5.55. The minimum absolute atomic E-state index is 0.0990. The summed E-state index contributed by atoms with van der Waals surface area (Å²) in [6.45, 7) is 2.41. The van der Waals surface area contributed by atoms with E-state index in [0.29, 0.717) is 12.2 Å². The Morgan fingerprint density at radius 2 is 1.55 bits per heavy atom. The monoisotopic (exact) mass is 542 g/mol. The number of nitrogens with one attached hydrogen (secondary N) is 3. The topological polar surface area (TPSA) is 108 Å². The van der Waals surface area contributed by atoms with Gasteiger partial charge in [0.2, 0.25) is 11.8 Å². The first-order valence-corrected chi connectivity index (χ1v) is 14.8. The first kappa shape index (κ1) is 26.7. The summed E-state index contributed by atoms with van der Waals surface area (Å²) in [7, 11) is 0. The van der Waals surface area contributed by atoms with Gasteiger partial charge in [-0.3, -0.25) is 29.4 Å². The van der Waals surface area contributed by atoms with Crippen LogP contribution in [0.25, 0.3) is 0 Å². The van der Waals surface area contributed by atoms with Gasteiger partial charge in [-0.05, 0) is 79.7 Å². The van der Waals surface area contributed by atoms with Crippen LogP contribution in [-0.2, 0) is 22.7 Å². The van der Waals surface area contributed by atoms with E-state index in [1.807, 2.05) is 0 Å². The lowest BCUT2D eigenvalue weighted by molar-refractivity contribution is -0.136. The molecule has 3 fully saturated rings. The van der Waals surface area contributed by atoms with Crippen LogP contribution < -0.4 is 16.0 Å². The van der Waals surface area contributed by atoms with Crippen LogP contribution >= 0.6 is 0 Å². The zero-order valence-corrected chi connectivity index (χ0v) is 22.9. The number of rotatable bonds is 9. The Morgan fingerprint density at radius 3 is 2.27 bits per heavy atom. The van der Waals surface area contributed by atoms with Crippen LogP contribution in [0, 0.1) is 17.8 Å². The molecule has 2 heterocycles. The summed E-state index contributed by atoms with van der Waals surface area (Å²) in [5, 5.41) is 9.17. The molecule has 0 spiro atoms. The van der Waals surface area contributed by atoms with Crippen LogP contribution in [0.4, 0.5) is 5.69 Å². The van der Waals surface area contributed by atoms with E-state index in [2.05, 4.69) is 40.2 Å². The van der Waals surface area contributed by atoms with Crippen molar-refractivity contribution in [3.63, 3.8) is 0 Å². The molecule has 2 aliphatic carbocycles. The number of hydrogen-bond donors (Lipinski definition) is 3. The van der Waals surface area contributed by atoms with Gasteiger partial charge >= 0.3 is 0 Å². The maximum absolute atomic E-state index is 13.3. The predicted molar refractivity (Wildman–Crippen MR) is 151 cm³/mol. The highest BCUT2D eigenvalue weighted by Gasteiger charge is 2.45. The Labute approximate surface area is 235 Å². The van der Waals surface area contributed by atoms with Gasteiger partial charge in [-0.2, -0.15) is 0 Å². The zero-order chi connectivity index (χ0) is 27.6. The van der Waals surface area contributed by atoms with E-state index in [4.69, 9.17) is 0 Å². The number of carbonyl (C=O) groups is 4. The van der Waals surface area contributed by atoms with E-state index in [-0.39, 0.29) is 29.9 Å². The second-order valence-corrected chi connectivity index (χ2v) is 12.0. The van der Waals surface area contributed by atoms with Crippen LogP contribution in [0.1, 0.15) is 89.6 Å². The van der Waals surface area contributed by atoms with E-state index in [9.17, 15) is 19.2 Å². The molecule has 4 aliphatic rings. The molecule has 210 valence electrons. The van der Waals surface area contributed by atoms with Gasteiger partial charge < -0.3 is 10.6 Å². The molecule has 6 rings (SSSR count). The maximum atomic E-state index is 13.3. The number of benzene rings is 2. The van der Waals surface area contributed by atoms with Gasteiger partial charge in [-0.1, -0.05) is 49.6 Å². The van der Waals surface area contributed by atoms with Gasteiger partial charge in [0, 0.05) is 25.2 Å². The van der Waals surface area contributed by atoms with Crippen LogP contribution in [0.15, 0.2) is 42.5 Å². The summed E-state index contributed by atoms with van der Waals surface area (Å²) < 4.78 is 0. The molecule has 2 saturated carbocycles. The minimum Gasteiger partial charge on any atom is -0.380 e. The number of anilines is 1. The molecule has 8 nitrogen and oxygen atoms in total. The van der Waals surface area contributed by atoms with Crippen molar-refractivity contribution in [2.75, 3.05) is 11.9 Å². The summed E-state index contributed by atoms with van der Waals surface area (Å²) in [6.07, 6.45) is 10.2. The van der Waals surface area contributed by atoms with Gasteiger partial charge in [-0.15, -0.1) is 0 Å². The smallest absolute Gasteiger partial charge is 0.264 e. The maximum Gasteiger partial charge on any atom is 0.264 e. The Hall–Kier alpha value is -3.52. The van der Waals surface area contributed by atoms with Crippen molar-refractivity contribution in [3.05, 3.63) is 64.7 Å². The third-order valence-electron chi connectivity index (χ3n) is 9.26. The molecule has 0 radical (unpaired) electrons. The third-order valence-corrected chi connectivity index (χ3v) is 9.26. The van der Waals surface area contributed by atoms with Crippen molar-refractivity contribution in [1.82, 2.24) is 15.5 Å². The second kappa shape index (κ2) is 11.5. The highest BCUT2D eigenvalue weighted by atomic mass is 16.2. The SMILES string of the molecule is O=C1CCC(N2C(=O)c3cccc(NCc4ccc(CNCCC5CC6CCCC(C6)C5)cc4)c3C2=O)C(=O)N1. The molecule has 40 heavy (non-hydrogen) atoms. The minimum atomic E-state index is -0.971. The van der Waals surface area contributed by atoms with Gasteiger partial charge in [0.05, 0.1) is 11.1 Å². The molecule has 2 bridgehead atoms. The first-order chi connectivity index (χ1) is 19.5. The molecule has 3 atom stereocenters. The number of nitrogens with zero attached hydrogens (tertiary/aromatic N) is 1. The molecular weight excluding hydrogens is 504 g/mol. The molecule has 3 unspecified atom stereocenters. The Balaban J connectivity index is 1.01. The average molecular weight is 543 g/mol. The number of fused-ring (bicyclic) bond motifs is 3.